The van der Waals surface area contributed by atoms with E-state index in [-0.39, 0.29) is 11.4 Å². The fourth-order valence-corrected chi connectivity index (χ4v) is 4.41. The van der Waals surface area contributed by atoms with Gasteiger partial charge in [0.15, 0.2) is 5.60 Å². The van der Waals surface area contributed by atoms with E-state index in [1.165, 1.54) is 18.2 Å². The van der Waals surface area contributed by atoms with Crippen molar-refractivity contribution in [2.24, 2.45) is 11.8 Å². The van der Waals surface area contributed by atoms with Crippen molar-refractivity contribution in [1.29, 1.82) is 0 Å². The zero-order valence-corrected chi connectivity index (χ0v) is 16.8. The molecular weight excluding hydrogens is 412 g/mol. The molecule has 2 bridgehead atoms. The summed E-state index contributed by atoms with van der Waals surface area (Å²) in [5.41, 5.74) is -1.38. The number of nitro benzene ring substituents is 1. The predicted molar refractivity (Wildman–Crippen MR) is 101 cm³/mol. The summed E-state index contributed by atoms with van der Waals surface area (Å²) >= 11 is 0. The van der Waals surface area contributed by atoms with Crippen molar-refractivity contribution >= 4 is 35.1 Å². The summed E-state index contributed by atoms with van der Waals surface area (Å²) in [5, 5.41) is 11.2. The van der Waals surface area contributed by atoms with Gasteiger partial charge in [0.25, 0.3) is 12.0 Å². The van der Waals surface area contributed by atoms with Crippen molar-refractivity contribution in [2.45, 2.75) is 38.8 Å². The molecule has 0 saturated carbocycles. The summed E-state index contributed by atoms with van der Waals surface area (Å²) < 4.78 is 16.2. The van der Waals surface area contributed by atoms with Crippen molar-refractivity contribution in [3.05, 3.63) is 46.0 Å². The van der Waals surface area contributed by atoms with E-state index in [0.29, 0.717) is 5.56 Å². The maximum Gasteiger partial charge on any atom is 0.305 e. The molecule has 31 heavy (non-hydrogen) atoms. The largest absolute Gasteiger partial charge is 0.422 e. The molecule has 3 aliphatic heterocycles. The molecule has 0 aromatic heterocycles. The topological polar surface area (TPSA) is 142 Å². The Hall–Kier alpha value is -3.60. The third-order valence-electron chi connectivity index (χ3n) is 5.64. The molecule has 0 unspecified atom stereocenters. The van der Waals surface area contributed by atoms with Gasteiger partial charge in [0.2, 0.25) is 11.8 Å². The van der Waals surface area contributed by atoms with E-state index in [1.807, 2.05) is 0 Å². The first kappa shape index (κ1) is 20.7. The smallest absolute Gasteiger partial charge is 0.305 e. The van der Waals surface area contributed by atoms with Gasteiger partial charge in [-0.05, 0) is 18.6 Å². The number of rotatable bonds is 5. The quantitative estimate of drug-likeness (QED) is 0.168. The van der Waals surface area contributed by atoms with Crippen LogP contribution in [0, 0.1) is 28.9 Å². The van der Waals surface area contributed by atoms with Crippen LogP contribution < -0.4 is 4.90 Å². The molecule has 2 saturated heterocycles. The first-order valence-electron chi connectivity index (χ1n) is 9.41. The molecule has 11 nitrogen and oxygen atoms in total. The minimum Gasteiger partial charge on any atom is -0.422 e. The molecule has 162 valence electrons. The Morgan fingerprint density at radius 2 is 1.84 bits per heavy atom. The number of benzene rings is 1. The third-order valence-corrected chi connectivity index (χ3v) is 5.64. The molecule has 0 spiro atoms. The summed E-state index contributed by atoms with van der Waals surface area (Å²) in [6.07, 6.45) is 0.626. The lowest BCUT2D eigenvalue weighted by molar-refractivity contribution is -0.384. The van der Waals surface area contributed by atoms with Gasteiger partial charge in [-0.2, -0.15) is 0 Å². The lowest BCUT2D eigenvalue weighted by Crippen LogP contribution is -2.52. The number of nitro groups is 1. The highest BCUT2D eigenvalue weighted by Gasteiger charge is 2.72. The number of hydrogen-bond donors (Lipinski definition) is 0. The van der Waals surface area contributed by atoms with E-state index in [9.17, 15) is 29.3 Å². The highest BCUT2D eigenvalue weighted by molar-refractivity contribution is 6.23. The number of hydrogen-bond acceptors (Lipinski definition) is 9. The molecule has 11 heteroatoms. The second-order valence-electron chi connectivity index (χ2n) is 7.59. The highest BCUT2D eigenvalue weighted by atomic mass is 16.7. The number of fused-ring (bicyclic) bond motifs is 5. The van der Waals surface area contributed by atoms with E-state index in [2.05, 4.69) is 0 Å². The molecule has 0 N–H and O–H groups in total. The standard InChI is InChI=1S/C20H18N2O9/c1-9-4-5-12(22(27)28)8-13(9)21-17(25)15-14-6-7-20(31-14,16(15)18(21)26)19(29-10(2)23)30-11(3)24/h4-8,14-16,19H,1-3H3/t14-,15-,16+,20+/m1/s1. The van der Waals surface area contributed by atoms with Gasteiger partial charge in [0, 0.05) is 26.0 Å². The molecule has 2 amide bonds. The lowest BCUT2D eigenvalue weighted by atomic mass is 9.76. The molecule has 4 rings (SSSR count). The van der Waals surface area contributed by atoms with Crippen molar-refractivity contribution in [3.63, 3.8) is 0 Å². The molecular formula is C20H18N2O9. The average Bonchev–Trinajstić information content (AvgIpc) is 3.32. The van der Waals surface area contributed by atoms with E-state index in [4.69, 9.17) is 14.2 Å². The molecule has 3 heterocycles. The van der Waals surface area contributed by atoms with Crippen LogP contribution in [0.3, 0.4) is 0 Å². The van der Waals surface area contributed by atoms with E-state index < -0.39 is 58.5 Å². The van der Waals surface area contributed by atoms with Crippen LogP contribution in [-0.4, -0.2) is 46.7 Å². The molecule has 3 aliphatic rings. The van der Waals surface area contributed by atoms with Crippen molar-refractivity contribution in [2.75, 3.05) is 4.90 Å². The zero-order valence-electron chi connectivity index (χ0n) is 16.8. The number of amides is 2. The SMILES string of the molecule is CC(=O)OC(OC(C)=O)[C@@]12C=C[C@@H](O1)[C@H]1C(=O)N(c3cc([N+](=O)[O-])ccc3C)C(=O)[C@H]12. The second-order valence-corrected chi connectivity index (χ2v) is 7.59. The fraction of sp³-hybridized carbons (Fsp3) is 0.400. The van der Waals surface area contributed by atoms with Gasteiger partial charge in [-0.1, -0.05) is 12.1 Å². The summed E-state index contributed by atoms with van der Waals surface area (Å²) in [6, 6.07) is 3.88. The van der Waals surface area contributed by atoms with Gasteiger partial charge in [-0.3, -0.25) is 29.3 Å². The molecule has 4 atom stereocenters. The summed E-state index contributed by atoms with van der Waals surface area (Å²) in [7, 11) is 0. The maximum absolute atomic E-state index is 13.4. The Bertz CT molecular complexity index is 1050. The number of non-ortho nitro benzene ring substituents is 1. The maximum atomic E-state index is 13.4. The van der Waals surface area contributed by atoms with Crippen LogP contribution in [0.4, 0.5) is 11.4 Å². The Balaban J connectivity index is 1.78. The zero-order chi connectivity index (χ0) is 22.7. The van der Waals surface area contributed by atoms with Crippen LogP contribution in [0.15, 0.2) is 30.4 Å². The van der Waals surface area contributed by atoms with Crippen molar-refractivity contribution < 1.29 is 38.3 Å². The van der Waals surface area contributed by atoms with E-state index in [1.54, 1.807) is 13.0 Å². The molecule has 0 aliphatic carbocycles. The van der Waals surface area contributed by atoms with Crippen LogP contribution in [0.5, 0.6) is 0 Å². The molecule has 2 fully saturated rings. The summed E-state index contributed by atoms with van der Waals surface area (Å²) in [6.45, 7) is 3.83. The van der Waals surface area contributed by atoms with Crippen LogP contribution >= 0.6 is 0 Å². The molecule has 1 aromatic rings. The average molecular weight is 430 g/mol. The number of nitrogens with zero attached hydrogens (tertiary/aromatic N) is 2. The summed E-state index contributed by atoms with van der Waals surface area (Å²) in [5.74, 6) is -4.92. The van der Waals surface area contributed by atoms with Gasteiger partial charge in [-0.25, -0.2) is 4.90 Å². The minimum absolute atomic E-state index is 0.0877. The monoisotopic (exact) mass is 430 g/mol. The number of ether oxygens (including phenoxy) is 3. The second kappa shape index (κ2) is 6.98. The van der Waals surface area contributed by atoms with Crippen LogP contribution in [0.25, 0.3) is 0 Å². The Morgan fingerprint density at radius 3 is 2.42 bits per heavy atom. The Morgan fingerprint density at radius 1 is 1.19 bits per heavy atom. The van der Waals surface area contributed by atoms with Crippen LogP contribution in [0.1, 0.15) is 19.4 Å². The number of esters is 2. The van der Waals surface area contributed by atoms with Crippen molar-refractivity contribution in [3.8, 4) is 0 Å². The number of anilines is 1. The van der Waals surface area contributed by atoms with Gasteiger partial charge < -0.3 is 14.2 Å². The first-order valence-corrected chi connectivity index (χ1v) is 9.41. The normalized spacial score (nSPS) is 28.3. The first-order chi connectivity index (χ1) is 14.6. The van der Waals surface area contributed by atoms with Crippen LogP contribution in [-0.2, 0) is 33.4 Å². The molecule has 1 aromatic carbocycles. The predicted octanol–water partition coefficient (Wildman–Crippen LogP) is 1.17. The Kier molecular flexibility index (Phi) is 4.65. The van der Waals surface area contributed by atoms with Gasteiger partial charge in [0.05, 0.1) is 28.6 Å². The van der Waals surface area contributed by atoms with E-state index >= 15 is 0 Å². The number of carbonyl (C=O) groups is 4. The van der Waals surface area contributed by atoms with Gasteiger partial charge in [-0.15, -0.1) is 0 Å². The highest BCUT2D eigenvalue weighted by Crippen LogP contribution is 2.55. The number of aryl methyl sites for hydroxylation is 1. The van der Waals surface area contributed by atoms with Crippen LogP contribution in [0.2, 0.25) is 0 Å². The molecule has 0 radical (unpaired) electrons. The third kappa shape index (κ3) is 3.00. The minimum atomic E-state index is -1.68. The summed E-state index contributed by atoms with van der Waals surface area (Å²) in [4.78, 5) is 61.4. The van der Waals surface area contributed by atoms with Gasteiger partial charge in [0.1, 0.15) is 0 Å². The Labute approximate surface area is 175 Å². The number of carbonyl (C=O) groups excluding carboxylic acids is 4. The number of imide groups is 1. The lowest BCUT2D eigenvalue weighted by Gasteiger charge is -2.34. The fourth-order valence-electron chi connectivity index (χ4n) is 4.41. The van der Waals surface area contributed by atoms with E-state index in [0.717, 1.165) is 24.8 Å². The van der Waals surface area contributed by atoms with Crippen molar-refractivity contribution in [1.82, 2.24) is 0 Å². The van der Waals surface area contributed by atoms with Gasteiger partial charge >= 0.3 is 11.9 Å².